The Morgan fingerprint density at radius 1 is 1.11 bits per heavy atom. The van der Waals surface area contributed by atoms with Crippen molar-refractivity contribution in [2.75, 3.05) is 13.2 Å². The quantitative estimate of drug-likeness (QED) is 0.888. The molecule has 2 nitrogen and oxygen atoms in total. The number of hydrogen-bond donors (Lipinski definition) is 1. The molecule has 0 aliphatic rings. The van der Waals surface area contributed by atoms with E-state index in [1.165, 1.54) is 10.8 Å². The minimum atomic E-state index is 0.141. The van der Waals surface area contributed by atoms with Gasteiger partial charge in [0.1, 0.15) is 5.75 Å². The number of fused-ring (bicyclic) bond motifs is 1. The average molecular weight is 322 g/mol. The standard InChI is InChI=1S/C16H20BrNO/c1-16(2,11-18)7-8-19-15-6-4-12-9-14(17)5-3-13(12)10-15/h3-6,9-10H,7-8,11,18H2,1-2H3. The van der Waals surface area contributed by atoms with E-state index in [9.17, 15) is 0 Å². The summed E-state index contributed by atoms with van der Waals surface area (Å²) in [5.74, 6) is 0.919. The van der Waals surface area contributed by atoms with Crippen molar-refractivity contribution in [1.29, 1.82) is 0 Å². The van der Waals surface area contributed by atoms with Gasteiger partial charge in [0.05, 0.1) is 6.61 Å². The Kier molecular flexibility index (Phi) is 4.48. The van der Waals surface area contributed by atoms with Crippen LogP contribution in [0.15, 0.2) is 40.9 Å². The van der Waals surface area contributed by atoms with Crippen molar-refractivity contribution in [3.63, 3.8) is 0 Å². The Hall–Kier alpha value is -1.06. The predicted octanol–water partition coefficient (Wildman–Crippen LogP) is 4.36. The Balaban J connectivity index is 2.04. The van der Waals surface area contributed by atoms with Crippen molar-refractivity contribution in [2.45, 2.75) is 20.3 Å². The highest BCUT2D eigenvalue weighted by Gasteiger charge is 2.15. The molecule has 3 heteroatoms. The van der Waals surface area contributed by atoms with Gasteiger partial charge in [-0.2, -0.15) is 0 Å². The Morgan fingerprint density at radius 2 is 1.79 bits per heavy atom. The third-order valence-corrected chi connectivity index (χ3v) is 3.87. The van der Waals surface area contributed by atoms with Gasteiger partial charge in [-0.1, -0.05) is 41.9 Å². The van der Waals surface area contributed by atoms with Gasteiger partial charge in [-0.3, -0.25) is 0 Å². The normalized spacial score (nSPS) is 11.8. The number of ether oxygens (including phenoxy) is 1. The molecule has 2 aromatic carbocycles. The molecule has 0 bridgehead atoms. The van der Waals surface area contributed by atoms with Crippen LogP contribution in [0.5, 0.6) is 5.75 Å². The van der Waals surface area contributed by atoms with Crippen LogP contribution in [0.25, 0.3) is 10.8 Å². The van der Waals surface area contributed by atoms with Gasteiger partial charge >= 0.3 is 0 Å². The molecule has 0 radical (unpaired) electrons. The molecule has 0 fully saturated rings. The second-order valence-electron chi connectivity index (χ2n) is 5.62. The largest absolute Gasteiger partial charge is 0.494 e. The van der Waals surface area contributed by atoms with Crippen LogP contribution in [0.2, 0.25) is 0 Å². The van der Waals surface area contributed by atoms with E-state index in [1.54, 1.807) is 0 Å². The maximum atomic E-state index is 5.81. The summed E-state index contributed by atoms with van der Waals surface area (Å²) < 4.78 is 6.91. The Labute approximate surface area is 123 Å². The zero-order valence-corrected chi connectivity index (χ0v) is 13.0. The number of nitrogens with two attached hydrogens (primary N) is 1. The smallest absolute Gasteiger partial charge is 0.119 e. The van der Waals surface area contributed by atoms with E-state index < -0.39 is 0 Å². The Morgan fingerprint density at radius 3 is 2.53 bits per heavy atom. The van der Waals surface area contributed by atoms with Crippen molar-refractivity contribution in [3.8, 4) is 5.75 Å². The second-order valence-corrected chi connectivity index (χ2v) is 6.54. The molecule has 0 saturated carbocycles. The van der Waals surface area contributed by atoms with E-state index in [1.807, 2.05) is 12.1 Å². The van der Waals surface area contributed by atoms with Crippen molar-refractivity contribution in [3.05, 3.63) is 40.9 Å². The molecule has 102 valence electrons. The van der Waals surface area contributed by atoms with E-state index >= 15 is 0 Å². The van der Waals surface area contributed by atoms with Gasteiger partial charge < -0.3 is 10.5 Å². The van der Waals surface area contributed by atoms with Crippen LogP contribution >= 0.6 is 15.9 Å². The summed E-state index contributed by atoms with van der Waals surface area (Å²) in [6.07, 6.45) is 0.960. The van der Waals surface area contributed by atoms with Crippen molar-refractivity contribution in [1.82, 2.24) is 0 Å². The number of hydrogen-bond acceptors (Lipinski definition) is 2. The second kappa shape index (κ2) is 5.93. The van der Waals surface area contributed by atoms with Crippen molar-refractivity contribution >= 4 is 26.7 Å². The molecule has 19 heavy (non-hydrogen) atoms. The fourth-order valence-electron chi connectivity index (χ4n) is 1.83. The topological polar surface area (TPSA) is 35.2 Å². The molecule has 0 amide bonds. The third kappa shape index (κ3) is 3.95. The molecule has 0 saturated heterocycles. The molecule has 0 atom stereocenters. The lowest BCUT2D eigenvalue weighted by atomic mass is 9.90. The zero-order chi connectivity index (χ0) is 13.9. The summed E-state index contributed by atoms with van der Waals surface area (Å²) in [5.41, 5.74) is 5.85. The van der Waals surface area contributed by atoms with E-state index in [-0.39, 0.29) is 5.41 Å². The summed E-state index contributed by atoms with van der Waals surface area (Å²) >= 11 is 3.48. The summed E-state index contributed by atoms with van der Waals surface area (Å²) in [6, 6.07) is 12.4. The predicted molar refractivity (Wildman–Crippen MR) is 84.6 cm³/mol. The molecule has 2 rings (SSSR count). The van der Waals surface area contributed by atoms with Gasteiger partial charge in [0.25, 0.3) is 0 Å². The van der Waals surface area contributed by atoms with Gasteiger partial charge in [-0.05, 0) is 53.4 Å². The molecular weight excluding hydrogens is 302 g/mol. The maximum absolute atomic E-state index is 5.81. The fourth-order valence-corrected chi connectivity index (χ4v) is 2.21. The minimum absolute atomic E-state index is 0.141. The van der Waals surface area contributed by atoms with Crippen LogP contribution in [0, 0.1) is 5.41 Å². The first-order valence-electron chi connectivity index (χ1n) is 6.52. The van der Waals surface area contributed by atoms with Gasteiger partial charge in [0.15, 0.2) is 0 Å². The molecule has 2 aromatic rings. The summed E-state index contributed by atoms with van der Waals surface area (Å²) in [4.78, 5) is 0. The van der Waals surface area contributed by atoms with Gasteiger partial charge in [0.2, 0.25) is 0 Å². The summed E-state index contributed by atoms with van der Waals surface area (Å²) in [5, 5.41) is 2.41. The van der Waals surface area contributed by atoms with Crippen LogP contribution < -0.4 is 10.5 Å². The first-order valence-corrected chi connectivity index (χ1v) is 7.32. The lowest BCUT2D eigenvalue weighted by Crippen LogP contribution is -2.25. The van der Waals surface area contributed by atoms with Crippen molar-refractivity contribution < 1.29 is 4.74 Å². The molecule has 0 heterocycles. The van der Waals surface area contributed by atoms with Gasteiger partial charge in [-0.15, -0.1) is 0 Å². The van der Waals surface area contributed by atoms with E-state index in [0.29, 0.717) is 13.2 Å². The molecule has 0 aliphatic carbocycles. The van der Waals surface area contributed by atoms with E-state index in [0.717, 1.165) is 16.6 Å². The lowest BCUT2D eigenvalue weighted by Gasteiger charge is -2.22. The summed E-state index contributed by atoms with van der Waals surface area (Å²) in [7, 11) is 0. The molecule has 0 aromatic heterocycles. The molecule has 0 unspecified atom stereocenters. The SMILES string of the molecule is CC(C)(CN)CCOc1ccc2cc(Br)ccc2c1. The van der Waals surface area contributed by atoms with Crippen LogP contribution in [-0.2, 0) is 0 Å². The van der Waals surface area contributed by atoms with Crippen LogP contribution in [-0.4, -0.2) is 13.2 Å². The van der Waals surface area contributed by atoms with E-state index in [4.69, 9.17) is 10.5 Å². The van der Waals surface area contributed by atoms with Crippen LogP contribution in [0.3, 0.4) is 0 Å². The van der Waals surface area contributed by atoms with Gasteiger partial charge in [0, 0.05) is 4.47 Å². The lowest BCUT2D eigenvalue weighted by molar-refractivity contribution is 0.233. The summed E-state index contributed by atoms with van der Waals surface area (Å²) in [6.45, 7) is 5.71. The van der Waals surface area contributed by atoms with Gasteiger partial charge in [-0.25, -0.2) is 0 Å². The Bertz CT molecular complexity index is 566. The van der Waals surface area contributed by atoms with Crippen LogP contribution in [0.1, 0.15) is 20.3 Å². The molecular formula is C16H20BrNO. The number of rotatable bonds is 5. The molecule has 0 spiro atoms. The highest BCUT2D eigenvalue weighted by Crippen LogP contribution is 2.25. The highest BCUT2D eigenvalue weighted by molar-refractivity contribution is 9.10. The average Bonchev–Trinajstić information content (AvgIpc) is 2.39. The first kappa shape index (κ1) is 14.4. The number of halogens is 1. The monoisotopic (exact) mass is 321 g/mol. The highest BCUT2D eigenvalue weighted by atomic mass is 79.9. The van der Waals surface area contributed by atoms with Crippen molar-refractivity contribution in [2.24, 2.45) is 11.1 Å². The third-order valence-electron chi connectivity index (χ3n) is 3.37. The molecule has 0 aliphatic heterocycles. The van der Waals surface area contributed by atoms with E-state index in [2.05, 4.69) is 54.0 Å². The minimum Gasteiger partial charge on any atom is -0.494 e. The number of benzene rings is 2. The first-order chi connectivity index (χ1) is 9.00. The zero-order valence-electron chi connectivity index (χ0n) is 11.4. The molecule has 2 N–H and O–H groups in total. The maximum Gasteiger partial charge on any atom is 0.119 e. The fraction of sp³-hybridized carbons (Fsp3) is 0.375. The van der Waals surface area contributed by atoms with Crippen LogP contribution in [0.4, 0.5) is 0 Å².